The van der Waals surface area contributed by atoms with E-state index in [0.717, 1.165) is 6.42 Å². The van der Waals surface area contributed by atoms with Crippen LogP contribution in [0.1, 0.15) is 30.4 Å². The van der Waals surface area contributed by atoms with E-state index in [-0.39, 0.29) is 0 Å². The van der Waals surface area contributed by atoms with Crippen LogP contribution in [0.25, 0.3) is 27.5 Å². The smallest absolute Gasteiger partial charge is 0.0346 e. The quantitative estimate of drug-likeness (QED) is 0.541. The largest absolute Gasteiger partial charge is 0.264 e. The highest BCUT2D eigenvalue weighted by Crippen LogP contribution is 2.40. The number of aromatic nitrogens is 1. The number of nitrogens with zero attached hydrogens (tertiary/aromatic N) is 1. The summed E-state index contributed by atoms with van der Waals surface area (Å²) in [6.45, 7) is 0. The molecular formula is C23H19N. The lowest BCUT2D eigenvalue weighted by Gasteiger charge is -2.25. The van der Waals surface area contributed by atoms with Crippen LogP contribution in [-0.2, 0) is 6.42 Å². The van der Waals surface area contributed by atoms with Crippen LogP contribution in [0.15, 0.2) is 72.6 Å². The molecule has 3 aromatic rings. The molecule has 1 nitrogen and oxygen atoms in total. The molecule has 1 heterocycles. The van der Waals surface area contributed by atoms with Crippen LogP contribution in [0.5, 0.6) is 0 Å². The van der Waals surface area contributed by atoms with Gasteiger partial charge in [-0.05, 0) is 70.9 Å². The zero-order chi connectivity index (χ0) is 15.9. The maximum Gasteiger partial charge on any atom is 0.0346 e. The Morgan fingerprint density at radius 1 is 0.875 bits per heavy atom. The Labute approximate surface area is 142 Å². The minimum absolute atomic E-state index is 1.16. The molecule has 0 saturated heterocycles. The monoisotopic (exact) mass is 309 g/mol. The van der Waals surface area contributed by atoms with Gasteiger partial charge in [-0.1, -0.05) is 48.1 Å². The lowest BCUT2D eigenvalue weighted by molar-refractivity contribution is 0.831. The Bertz CT molecular complexity index is 993. The van der Waals surface area contributed by atoms with Gasteiger partial charge in [-0.2, -0.15) is 0 Å². The van der Waals surface area contributed by atoms with Gasteiger partial charge in [0.2, 0.25) is 0 Å². The van der Waals surface area contributed by atoms with E-state index in [1.54, 1.807) is 5.57 Å². The molecule has 1 aromatic heterocycles. The van der Waals surface area contributed by atoms with Gasteiger partial charge in [0, 0.05) is 18.0 Å². The molecule has 0 radical (unpaired) electrons. The Morgan fingerprint density at radius 2 is 1.83 bits per heavy atom. The molecule has 0 amide bonds. The topological polar surface area (TPSA) is 12.9 Å². The summed E-state index contributed by atoms with van der Waals surface area (Å²) >= 11 is 0. The number of rotatable bonds is 1. The SMILES string of the molecule is C1=CC2=C(CC1)CCc1c2ccc2ccc(-c3cccnc3)cc12. The summed E-state index contributed by atoms with van der Waals surface area (Å²) in [5, 5.41) is 2.74. The predicted molar refractivity (Wildman–Crippen MR) is 101 cm³/mol. The first kappa shape index (κ1) is 13.7. The second kappa shape index (κ2) is 5.45. The van der Waals surface area contributed by atoms with Crippen LogP contribution in [0.4, 0.5) is 0 Å². The van der Waals surface area contributed by atoms with Crippen LogP contribution < -0.4 is 0 Å². The van der Waals surface area contributed by atoms with Crippen molar-refractivity contribution >= 4 is 16.3 Å². The summed E-state index contributed by atoms with van der Waals surface area (Å²) in [5.41, 5.74) is 8.53. The van der Waals surface area contributed by atoms with E-state index in [4.69, 9.17) is 0 Å². The third-order valence-corrected chi connectivity index (χ3v) is 5.37. The number of pyridine rings is 1. The fourth-order valence-electron chi connectivity index (χ4n) is 4.14. The lowest BCUT2D eigenvalue weighted by Crippen LogP contribution is -2.07. The van der Waals surface area contributed by atoms with Crippen molar-refractivity contribution in [2.75, 3.05) is 0 Å². The molecule has 0 aliphatic heterocycles. The Balaban J connectivity index is 1.73. The number of aryl methyl sites for hydroxylation is 1. The van der Waals surface area contributed by atoms with Crippen LogP contribution in [0.3, 0.4) is 0 Å². The van der Waals surface area contributed by atoms with Crippen LogP contribution in [0.2, 0.25) is 0 Å². The second-order valence-electron chi connectivity index (χ2n) is 6.73. The van der Waals surface area contributed by atoms with E-state index < -0.39 is 0 Å². The third-order valence-electron chi connectivity index (χ3n) is 5.37. The van der Waals surface area contributed by atoms with Gasteiger partial charge >= 0.3 is 0 Å². The van der Waals surface area contributed by atoms with E-state index >= 15 is 0 Å². The highest BCUT2D eigenvalue weighted by Gasteiger charge is 2.20. The Kier molecular flexibility index (Phi) is 3.12. The molecule has 0 saturated carbocycles. The molecule has 0 unspecified atom stereocenters. The van der Waals surface area contributed by atoms with E-state index in [1.807, 2.05) is 18.5 Å². The van der Waals surface area contributed by atoms with Gasteiger partial charge in [0.15, 0.2) is 0 Å². The molecule has 0 bridgehead atoms. The predicted octanol–water partition coefficient (Wildman–Crippen LogP) is 5.95. The number of benzene rings is 2. The van der Waals surface area contributed by atoms with Crippen molar-refractivity contribution < 1.29 is 0 Å². The molecule has 2 aromatic carbocycles. The minimum Gasteiger partial charge on any atom is -0.264 e. The third kappa shape index (κ3) is 2.12. The Morgan fingerprint density at radius 3 is 2.75 bits per heavy atom. The normalized spacial score (nSPS) is 16.2. The fourth-order valence-corrected chi connectivity index (χ4v) is 4.14. The van der Waals surface area contributed by atoms with Gasteiger partial charge in [-0.25, -0.2) is 0 Å². The van der Waals surface area contributed by atoms with Gasteiger partial charge in [-0.3, -0.25) is 4.98 Å². The molecule has 0 spiro atoms. The van der Waals surface area contributed by atoms with Gasteiger partial charge in [0.1, 0.15) is 0 Å². The maximum atomic E-state index is 4.27. The zero-order valence-corrected chi connectivity index (χ0v) is 13.6. The van der Waals surface area contributed by atoms with E-state index in [2.05, 4.69) is 53.5 Å². The van der Waals surface area contributed by atoms with Gasteiger partial charge < -0.3 is 0 Å². The van der Waals surface area contributed by atoms with Crippen molar-refractivity contribution in [3.05, 3.63) is 83.7 Å². The van der Waals surface area contributed by atoms with Gasteiger partial charge in [-0.15, -0.1) is 0 Å². The van der Waals surface area contributed by atoms with Crippen LogP contribution >= 0.6 is 0 Å². The second-order valence-corrected chi connectivity index (χ2v) is 6.73. The maximum absolute atomic E-state index is 4.27. The van der Waals surface area contributed by atoms with Crippen molar-refractivity contribution in [1.82, 2.24) is 4.98 Å². The fraction of sp³-hybridized carbons (Fsp3) is 0.174. The first-order chi connectivity index (χ1) is 11.9. The number of hydrogen-bond donors (Lipinski definition) is 0. The molecule has 24 heavy (non-hydrogen) atoms. The summed E-state index contributed by atoms with van der Waals surface area (Å²) in [6, 6.07) is 15.5. The standard InChI is InChI=1S/C23H19N/c1-2-6-20-16(4-1)9-12-22-21(20)11-10-17-7-8-18(14-23(17)22)19-5-3-13-24-15-19/h2-3,5-8,10-11,13-15H,1,4,9,12H2. The summed E-state index contributed by atoms with van der Waals surface area (Å²) in [4.78, 5) is 4.27. The molecule has 0 atom stereocenters. The Hall–Kier alpha value is -2.67. The number of allylic oxidation sites excluding steroid dienone is 4. The highest BCUT2D eigenvalue weighted by molar-refractivity contribution is 5.96. The average molecular weight is 309 g/mol. The van der Waals surface area contributed by atoms with Crippen LogP contribution in [-0.4, -0.2) is 4.98 Å². The molecule has 0 N–H and O–H groups in total. The van der Waals surface area contributed by atoms with E-state index in [1.165, 1.54) is 57.9 Å². The molecule has 0 fully saturated rings. The number of hydrogen-bond acceptors (Lipinski definition) is 1. The zero-order valence-electron chi connectivity index (χ0n) is 13.6. The van der Waals surface area contributed by atoms with E-state index in [0.29, 0.717) is 0 Å². The van der Waals surface area contributed by atoms with Crippen molar-refractivity contribution in [2.24, 2.45) is 0 Å². The molecular weight excluding hydrogens is 290 g/mol. The molecule has 2 aliphatic rings. The summed E-state index contributed by atoms with van der Waals surface area (Å²) in [6.07, 6.45) is 13.2. The van der Waals surface area contributed by atoms with Crippen LogP contribution in [0, 0.1) is 0 Å². The average Bonchev–Trinajstić information content (AvgIpc) is 2.67. The van der Waals surface area contributed by atoms with Gasteiger partial charge in [0.05, 0.1) is 0 Å². The lowest BCUT2D eigenvalue weighted by atomic mass is 9.79. The molecule has 2 aliphatic carbocycles. The van der Waals surface area contributed by atoms with E-state index in [9.17, 15) is 0 Å². The highest BCUT2D eigenvalue weighted by atomic mass is 14.6. The van der Waals surface area contributed by atoms with Crippen molar-refractivity contribution in [1.29, 1.82) is 0 Å². The molecule has 116 valence electrons. The minimum atomic E-state index is 1.16. The first-order valence-electron chi connectivity index (χ1n) is 8.75. The van der Waals surface area contributed by atoms with Crippen molar-refractivity contribution in [2.45, 2.75) is 25.7 Å². The first-order valence-corrected chi connectivity index (χ1v) is 8.75. The van der Waals surface area contributed by atoms with Crippen molar-refractivity contribution in [3.63, 3.8) is 0 Å². The van der Waals surface area contributed by atoms with Crippen molar-refractivity contribution in [3.8, 4) is 11.1 Å². The summed E-state index contributed by atoms with van der Waals surface area (Å²) < 4.78 is 0. The molecule has 5 rings (SSSR count). The summed E-state index contributed by atoms with van der Waals surface area (Å²) in [7, 11) is 0. The number of fused-ring (bicyclic) bond motifs is 4. The summed E-state index contributed by atoms with van der Waals surface area (Å²) in [5.74, 6) is 0. The molecule has 1 heteroatoms. The van der Waals surface area contributed by atoms with Gasteiger partial charge in [0.25, 0.3) is 0 Å².